The van der Waals surface area contributed by atoms with Gasteiger partial charge < -0.3 is 9.84 Å². The first-order valence-corrected chi connectivity index (χ1v) is 9.29. The number of hydrogen-bond donors (Lipinski definition) is 1. The third-order valence-corrected chi connectivity index (χ3v) is 5.80. The first-order valence-electron chi connectivity index (χ1n) is 9.29. The van der Waals surface area contributed by atoms with Crippen molar-refractivity contribution in [3.63, 3.8) is 0 Å². The van der Waals surface area contributed by atoms with Gasteiger partial charge in [-0.3, -0.25) is 4.90 Å². The smallest absolute Gasteiger partial charge is 0.0948 e. The summed E-state index contributed by atoms with van der Waals surface area (Å²) in [6, 6.07) is 11.0. The second kappa shape index (κ2) is 6.83. The lowest BCUT2D eigenvalue weighted by atomic mass is 9.83. The highest BCUT2D eigenvalue weighted by Gasteiger charge is 2.27. The maximum atomic E-state index is 11.2. The molecule has 2 atom stereocenters. The van der Waals surface area contributed by atoms with Gasteiger partial charge in [-0.1, -0.05) is 30.3 Å². The molecule has 1 fully saturated rings. The van der Waals surface area contributed by atoms with Crippen LogP contribution in [0.5, 0.6) is 0 Å². The van der Waals surface area contributed by atoms with Gasteiger partial charge in [0, 0.05) is 19.1 Å². The molecule has 24 heavy (non-hydrogen) atoms. The number of nitrogens with zero attached hydrogens (tertiary/aromatic N) is 1. The molecular weight excluding hydrogens is 298 g/mol. The highest BCUT2D eigenvalue weighted by Crippen LogP contribution is 2.35. The average Bonchev–Trinajstić information content (AvgIpc) is 2.67. The summed E-state index contributed by atoms with van der Waals surface area (Å²) < 4.78 is 5.46. The SMILES string of the molecule is C[C@H]([C@@H](O)c1cc2c(c3ccccc13)CCCC2)N1CCOCC1. The van der Waals surface area contributed by atoms with Crippen molar-refractivity contribution >= 4 is 10.8 Å². The quantitative estimate of drug-likeness (QED) is 0.938. The zero-order valence-corrected chi connectivity index (χ0v) is 14.5. The number of aliphatic hydroxyl groups excluding tert-OH is 1. The topological polar surface area (TPSA) is 32.7 Å². The Morgan fingerprint density at radius 3 is 2.54 bits per heavy atom. The number of fused-ring (bicyclic) bond motifs is 3. The molecule has 1 heterocycles. The minimum absolute atomic E-state index is 0.110. The van der Waals surface area contributed by atoms with Crippen LogP contribution in [0, 0.1) is 0 Å². The highest BCUT2D eigenvalue weighted by molar-refractivity contribution is 5.90. The van der Waals surface area contributed by atoms with Crippen LogP contribution in [0.1, 0.15) is 42.6 Å². The number of aryl methyl sites for hydroxylation is 2. The van der Waals surface area contributed by atoms with Crippen LogP contribution in [0.25, 0.3) is 10.8 Å². The van der Waals surface area contributed by atoms with E-state index in [9.17, 15) is 5.11 Å². The van der Waals surface area contributed by atoms with Crippen LogP contribution >= 0.6 is 0 Å². The molecule has 0 unspecified atom stereocenters. The summed E-state index contributed by atoms with van der Waals surface area (Å²) in [5, 5.41) is 13.7. The number of morpholine rings is 1. The summed E-state index contributed by atoms with van der Waals surface area (Å²) in [5.41, 5.74) is 4.06. The van der Waals surface area contributed by atoms with Crippen LogP contribution in [0.2, 0.25) is 0 Å². The molecule has 2 aromatic carbocycles. The second-order valence-electron chi connectivity index (χ2n) is 7.19. The van der Waals surface area contributed by atoms with Crippen molar-refractivity contribution in [1.29, 1.82) is 0 Å². The largest absolute Gasteiger partial charge is 0.387 e. The van der Waals surface area contributed by atoms with E-state index in [-0.39, 0.29) is 6.04 Å². The molecule has 0 amide bonds. The van der Waals surface area contributed by atoms with Gasteiger partial charge in [0.2, 0.25) is 0 Å². The van der Waals surface area contributed by atoms with Gasteiger partial charge in [-0.15, -0.1) is 0 Å². The molecule has 3 nitrogen and oxygen atoms in total. The molecule has 0 bridgehead atoms. The van der Waals surface area contributed by atoms with Crippen LogP contribution in [0.4, 0.5) is 0 Å². The van der Waals surface area contributed by atoms with Crippen molar-refractivity contribution in [3.05, 3.63) is 47.0 Å². The summed E-state index contributed by atoms with van der Waals surface area (Å²) >= 11 is 0. The molecule has 1 N–H and O–H groups in total. The molecule has 0 radical (unpaired) electrons. The molecule has 3 heteroatoms. The molecule has 0 spiro atoms. The summed E-state index contributed by atoms with van der Waals surface area (Å²) in [6.07, 6.45) is 4.40. The minimum Gasteiger partial charge on any atom is -0.387 e. The van der Waals surface area contributed by atoms with Crippen molar-refractivity contribution in [2.24, 2.45) is 0 Å². The Labute approximate surface area is 144 Å². The lowest BCUT2D eigenvalue weighted by molar-refractivity contribution is -0.0162. The van der Waals surface area contributed by atoms with Crippen LogP contribution in [0.15, 0.2) is 30.3 Å². The van der Waals surface area contributed by atoms with Crippen molar-refractivity contribution in [2.45, 2.75) is 44.8 Å². The zero-order chi connectivity index (χ0) is 16.5. The van der Waals surface area contributed by atoms with Crippen molar-refractivity contribution in [3.8, 4) is 0 Å². The molecule has 0 saturated carbocycles. The Bertz CT molecular complexity index is 721. The molecule has 4 rings (SSSR count). The Morgan fingerprint density at radius 2 is 1.75 bits per heavy atom. The summed E-state index contributed by atoms with van der Waals surface area (Å²) in [5.74, 6) is 0. The van der Waals surface area contributed by atoms with E-state index in [0.717, 1.165) is 38.3 Å². The second-order valence-corrected chi connectivity index (χ2v) is 7.19. The van der Waals surface area contributed by atoms with E-state index in [4.69, 9.17) is 4.74 Å². The summed E-state index contributed by atoms with van der Waals surface area (Å²) in [7, 11) is 0. The molecule has 2 aromatic rings. The van der Waals surface area contributed by atoms with E-state index in [1.165, 1.54) is 41.2 Å². The predicted molar refractivity (Wildman–Crippen MR) is 97.4 cm³/mol. The van der Waals surface area contributed by atoms with Gasteiger partial charge in [-0.25, -0.2) is 0 Å². The van der Waals surface area contributed by atoms with Crippen molar-refractivity contribution in [1.82, 2.24) is 4.90 Å². The number of ether oxygens (including phenoxy) is 1. The van der Waals surface area contributed by atoms with Crippen LogP contribution in [0.3, 0.4) is 0 Å². The maximum absolute atomic E-state index is 11.2. The Morgan fingerprint density at radius 1 is 1.04 bits per heavy atom. The molecule has 1 aliphatic heterocycles. The fraction of sp³-hybridized carbons (Fsp3) is 0.524. The number of hydrogen-bond acceptors (Lipinski definition) is 3. The molecule has 128 valence electrons. The predicted octanol–water partition coefficient (Wildman–Crippen LogP) is 3.47. The van der Waals surface area contributed by atoms with Gasteiger partial charge in [0.25, 0.3) is 0 Å². The molecule has 1 saturated heterocycles. The third kappa shape index (κ3) is 2.85. The van der Waals surface area contributed by atoms with Gasteiger partial charge in [0.1, 0.15) is 0 Å². The van der Waals surface area contributed by atoms with E-state index in [1.54, 1.807) is 0 Å². The fourth-order valence-electron chi connectivity index (χ4n) is 4.35. The van der Waals surface area contributed by atoms with E-state index in [2.05, 4.69) is 42.2 Å². The zero-order valence-electron chi connectivity index (χ0n) is 14.5. The summed E-state index contributed by atoms with van der Waals surface area (Å²) in [6.45, 7) is 5.48. The van der Waals surface area contributed by atoms with E-state index in [1.807, 2.05) is 0 Å². The number of benzene rings is 2. The summed E-state index contributed by atoms with van der Waals surface area (Å²) in [4.78, 5) is 2.35. The normalized spacial score (nSPS) is 21.4. The lowest BCUT2D eigenvalue weighted by Crippen LogP contribution is -2.44. The van der Waals surface area contributed by atoms with Gasteiger partial charge in [-0.05, 0) is 60.1 Å². The molecule has 0 aromatic heterocycles. The molecule has 1 aliphatic carbocycles. The van der Waals surface area contributed by atoms with Crippen LogP contribution < -0.4 is 0 Å². The van der Waals surface area contributed by atoms with Gasteiger partial charge in [0.05, 0.1) is 19.3 Å². The highest BCUT2D eigenvalue weighted by atomic mass is 16.5. The monoisotopic (exact) mass is 325 g/mol. The standard InChI is InChI=1S/C21H27NO2/c1-15(22-10-12-24-13-11-22)21(23)20-14-16-6-2-3-7-17(16)18-8-4-5-9-19(18)20/h4-5,8-9,14-15,21,23H,2-3,6-7,10-13H2,1H3/t15-,21-/m1/s1. The lowest BCUT2D eigenvalue weighted by Gasteiger charge is -2.35. The van der Waals surface area contributed by atoms with Crippen LogP contribution in [-0.4, -0.2) is 42.4 Å². The van der Waals surface area contributed by atoms with E-state index in [0.29, 0.717) is 0 Å². The van der Waals surface area contributed by atoms with Crippen LogP contribution in [-0.2, 0) is 17.6 Å². The third-order valence-electron chi connectivity index (χ3n) is 5.80. The van der Waals surface area contributed by atoms with E-state index < -0.39 is 6.10 Å². The van der Waals surface area contributed by atoms with Gasteiger partial charge in [-0.2, -0.15) is 0 Å². The Balaban J connectivity index is 1.75. The minimum atomic E-state index is -0.458. The Hall–Kier alpha value is -1.42. The fourth-order valence-corrected chi connectivity index (χ4v) is 4.35. The first kappa shape index (κ1) is 16.1. The molecule has 2 aliphatic rings. The molecular formula is C21H27NO2. The van der Waals surface area contributed by atoms with E-state index >= 15 is 0 Å². The maximum Gasteiger partial charge on any atom is 0.0948 e. The Kier molecular flexibility index (Phi) is 4.57. The van der Waals surface area contributed by atoms with Gasteiger partial charge in [0.15, 0.2) is 0 Å². The van der Waals surface area contributed by atoms with Crippen molar-refractivity contribution in [2.75, 3.05) is 26.3 Å². The van der Waals surface area contributed by atoms with Crippen molar-refractivity contribution < 1.29 is 9.84 Å². The first-order chi connectivity index (χ1) is 11.8. The number of aliphatic hydroxyl groups is 1. The van der Waals surface area contributed by atoms with Gasteiger partial charge >= 0.3 is 0 Å². The number of rotatable bonds is 3. The average molecular weight is 325 g/mol.